The van der Waals surface area contributed by atoms with Gasteiger partial charge >= 0.3 is 0 Å². The van der Waals surface area contributed by atoms with E-state index < -0.39 is 0 Å². The van der Waals surface area contributed by atoms with Crippen molar-refractivity contribution >= 4 is 5.91 Å². The Morgan fingerprint density at radius 2 is 2.00 bits per heavy atom. The number of likely N-dealkylation sites (N-methyl/N-ethyl adjacent to an activating group) is 1. The van der Waals surface area contributed by atoms with Crippen LogP contribution in [0, 0.1) is 6.92 Å². The first-order valence-corrected chi connectivity index (χ1v) is 6.63. The normalized spacial score (nSPS) is 12.4. The molecular formula is C16H20N2O2. The Labute approximate surface area is 119 Å². The fraction of sp³-hybridized carbons (Fsp3) is 0.312. The van der Waals surface area contributed by atoms with E-state index in [1.807, 2.05) is 62.3 Å². The standard InChI is InChI=1S/C16H20N2O2/c1-12-7-4-5-8-13(12)16(19)17-11-14(18(2)3)15-9-6-10-20-15/h4-10,14H,11H2,1-3H3,(H,17,19)/t14-/m1/s1. The fourth-order valence-electron chi connectivity index (χ4n) is 2.13. The van der Waals surface area contributed by atoms with E-state index in [-0.39, 0.29) is 11.9 Å². The zero-order chi connectivity index (χ0) is 14.5. The van der Waals surface area contributed by atoms with Crippen LogP contribution in [-0.4, -0.2) is 31.4 Å². The molecule has 1 amide bonds. The molecule has 4 heteroatoms. The van der Waals surface area contributed by atoms with Crippen molar-refractivity contribution in [3.05, 3.63) is 59.5 Å². The molecular weight excluding hydrogens is 252 g/mol. The Hall–Kier alpha value is -2.07. The van der Waals surface area contributed by atoms with E-state index in [1.165, 1.54) is 0 Å². The monoisotopic (exact) mass is 272 g/mol. The van der Waals surface area contributed by atoms with Gasteiger partial charge in [0.25, 0.3) is 5.91 Å². The predicted octanol–water partition coefficient (Wildman–Crippen LogP) is 2.62. The van der Waals surface area contributed by atoms with Crippen LogP contribution in [0.4, 0.5) is 0 Å². The molecule has 106 valence electrons. The molecule has 0 aliphatic heterocycles. The van der Waals surface area contributed by atoms with Gasteiger partial charge in [0, 0.05) is 12.1 Å². The van der Waals surface area contributed by atoms with E-state index in [0.717, 1.165) is 11.3 Å². The zero-order valence-electron chi connectivity index (χ0n) is 12.1. The summed E-state index contributed by atoms with van der Waals surface area (Å²) in [4.78, 5) is 14.2. The quantitative estimate of drug-likeness (QED) is 0.910. The summed E-state index contributed by atoms with van der Waals surface area (Å²) in [7, 11) is 3.93. The Morgan fingerprint density at radius 3 is 2.60 bits per heavy atom. The second-order valence-corrected chi connectivity index (χ2v) is 5.02. The molecule has 1 aromatic heterocycles. The maximum atomic E-state index is 12.2. The molecule has 0 unspecified atom stereocenters. The Bertz CT molecular complexity index is 562. The third-order valence-electron chi connectivity index (χ3n) is 3.34. The molecule has 0 radical (unpaired) electrons. The average molecular weight is 272 g/mol. The first-order valence-electron chi connectivity index (χ1n) is 6.63. The molecule has 0 bridgehead atoms. The molecule has 0 saturated heterocycles. The van der Waals surface area contributed by atoms with Crippen LogP contribution in [0.25, 0.3) is 0 Å². The average Bonchev–Trinajstić information content (AvgIpc) is 2.92. The molecule has 1 atom stereocenters. The van der Waals surface area contributed by atoms with E-state index >= 15 is 0 Å². The van der Waals surface area contributed by atoms with Crippen LogP contribution in [0.15, 0.2) is 47.1 Å². The van der Waals surface area contributed by atoms with E-state index in [1.54, 1.807) is 6.26 Å². The SMILES string of the molecule is Cc1ccccc1C(=O)NC[C@H](c1ccco1)N(C)C. The summed E-state index contributed by atoms with van der Waals surface area (Å²) < 4.78 is 5.43. The summed E-state index contributed by atoms with van der Waals surface area (Å²) in [5.74, 6) is 0.793. The molecule has 1 heterocycles. The molecule has 0 spiro atoms. The summed E-state index contributed by atoms with van der Waals surface area (Å²) >= 11 is 0. The number of furan rings is 1. The fourth-order valence-corrected chi connectivity index (χ4v) is 2.13. The summed E-state index contributed by atoms with van der Waals surface area (Å²) in [6.45, 7) is 2.44. The van der Waals surface area contributed by atoms with Gasteiger partial charge in [-0.1, -0.05) is 18.2 Å². The van der Waals surface area contributed by atoms with Crippen LogP contribution < -0.4 is 5.32 Å². The smallest absolute Gasteiger partial charge is 0.251 e. The largest absolute Gasteiger partial charge is 0.468 e. The van der Waals surface area contributed by atoms with Gasteiger partial charge < -0.3 is 9.73 Å². The number of nitrogens with zero attached hydrogens (tertiary/aromatic N) is 1. The number of amides is 1. The van der Waals surface area contributed by atoms with Gasteiger partial charge in [-0.2, -0.15) is 0 Å². The lowest BCUT2D eigenvalue weighted by molar-refractivity contribution is 0.0938. The van der Waals surface area contributed by atoms with Crippen molar-refractivity contribution in [2.45, 2.75) is 13.0 Å². The van der Waals surface area contributed by atoms with Crippen LogP contribution in [0.3, 0.4) is 0 Å². The Morgan fingerprint density at radius 1 is 1.25 bits per heavy atom. The minimum Gasteiger partial charge on any atom is -0.468 e. The van der Waals surface area contributed by atoms with Crippen molar-refractivity contribution < 1.29 is 9.21 Å². The number of rotatable bonds is 5. The lowest BCUT2D eigenvalue weighted by Gasteiger charge is -2.22. The van der Waals surface area contributed by atoms with Gasteiger partial charge in [-0.05, 0) is 44.8 Å². The second-order valence-electron chi connectivity index (χ2n) is 5.02. The maximum Gasteiger partial charge on any atom is 0.251 e. The number of benzene rings is 1. The molecule has 4 nitrogen and oxygen atoms in total. The first kappa shape index (κ1) is 14.3. The summed E-state index contributed by atoms with van der Waals surface area (Å²) in [6, 6.07) is 11.4. The topological polar surface area (TPSA) is 45.5 Å². The molecule has 0 aliphatic rings. The van der Waals surface area contributed by atoms with Gasteiger partial charge in [0.05, 0.1) is 12.3 Å². The highest BCUT2D eigenvalue weighted by Crippen LogP contribution is 2.18. The minimum absolute atomic E-state index is 0.0259. The highest BCUT2D eigenvalue weighted by molar-refractivity contribution is 5.95. The molecule has 1 N–H and O–H groups in total. The van der Waals surface area contributed by atoms with Crippen molar-refractivity contribution in [2.24, 2.45) is 0 Å². The molecule has 2 aromatic rings. The number of hydrogen-bond donors (Lipinski definition) is 1. The zero-order valence-corrected chi connectivity index (χ0v) is 12.1. The number of carbonyl (C=O) groups is 1. The van der Waals surface area contributed by atoms with Gasteiger partial charge in [0.2, 0.25) is 0 Å². The third-order valence-corrected chi connectivity index (χ3v) is 3.34. The molecule has 1 aromatic carbocycles. The van der Waals surface area contributed by atoms with Crippen molar-refractivity contribution in [3.8, 4) is 0 Å². The van der Waals surface area contributed by atoms with E-state index in [4.69, 9.17) is 4.42 Å². The van der Waals surface area contributed by atoms with Crippen molar-refractivity contribution in [2.75, 3.05) is 20.6 Å². The van der Waals surface area contributed by atoms with Crippen molar-refractivity contribution in [3.63, 3.8) is 0 Å². The van der Waals surface area contributed by atoms with Crippen LogP contribution in [0.2, 0.25) is 0 Å². The van der Waals surface area contributed by atoms with Crippen LogP contribution in [-0.2, 0) is 0 Å². The van der Waals surface area contributed by atoms with Gasteiger partial charge in [-0.25, -0.2) is 0 Å². The molecule has 0 aliphatic carbocycles. The third kappa shape index (κ3) is 3.27. The highest BCUT2D eigenvalue weighted by atomic mass is 16.3. The lowest BCUT2D eigenvalue weighted by atomic mass is 10.1. The first-order chi connectivity index (χ1) is 9.59. The lowest BCUT2D eigenvalue weighted by Crippen LogP contribution is -2.34. The summed E-state index contributed by atoms with van der Waals surface area (Å²) in [5.41, 5.74) is 1.69. The summed E-state index contributed by atoms with van der Waals surface area (Å²) in [6.07, 6.45) is 1.65. The van der Waals surface area contributed by atoms with Gasteiger partial charge in [-0.15, -0.1) is 0 Å². The van der Waals surface area contributed by atoms with E-state index in [0.29, 0.717) is 12.1 Å². The Balaban J connectivity index is 2.03. The maximum absolute atomic E-state index is 12.2. The second kappa shape index (κ2) is 6.39. The van der Waals surface area contributed by atoms with Gasteiger partial charge in [0.1, 0.15) is 5.76 Å². The van der Waals surface area contributed by atoms with Crippen molar-refractivity contribution in [1.82, 2.24) is 10.2 Å². The predicted molar refractivity (Wildman–Crippen MR) is 78.6 cm³/mol. The molecule has 20 heavy (non-hydrogen) atoms. The van der Waals surface area contributed by atoms with E-state index in [9.17, 15) is 4.79 Å². The van der Waals surface area contributed by atoms with Gasteiger partial charge in [-0.3, -0.25) is 9.69 Å². The number of nitrogens with one attached hydrogen (secondary N) is 1. The highest BCUT2D eigenvalue weighted by Gasteiger charge is 2.18. The van der Waals surface area contributed by atoms with Crippen LogP contribution in [0.5, 0.6) is 0 Å². The molecule has 2 rings (SSSR count). The van der Waals surface area contributed by atoms with Crippen LogP contribution in [0.1, 0.15) is 27.7 Å². The number of hydrogen-bond acceptors (Lipinski definition) is 3. The van der Waals surface area contributed by atoms with Gasteiger partial charge in [0.15, 0.2) is 0 Å². The molecule has 0 saturated carbocycles. The number of carbonyl (C=O) groups excluding carboxylic acids is 1. The van der Waals surface area contributed by atoms with Crippen LogP contribution >= 0.6 is 0 Å². The van der Waals surface area contributed by atoms with E-state index in [2.05, 4.69) is 5.32 Å². The minimum atomic E-state index is -0.0542. The van der Waals surface area contributed by atoms with Crippen molar-refractivity contribution in [1.29, 1.82) is 0 Å². The molecule has 0 fully saturated rings. The summed E-state index contributed by atoms with van der Waals surface area (Å²) in [5, 5.41) is 2.97. The Kier molecular flexibility index (Phi) is 4.58. The number of aryl methyl sites for hydroxylation is 1.